The Bertz CT molecular complexity index is 1110. The first-order valence-corrected chi connectivity index (χ1v) is 13.5. The maximum Gasteiger partial charge on any atom is 0.414 e. The predicted molar refractivity (Wildman–Crippen MR) is 153 cm³/mol. The van der Waals surface area contributed by atoms with Crippen LogP contribution in [0.2, 0.25) is 0 Å². The van der Waals surface area contributed by atoms with E-state index < -0.39 is 30.1 Å². The molecular weight excluding hydrogens is 516 g/mol. The molecule has 0 heterocycles. The topological polar surface area (TPSA) is 149 Å². The van der Waals surface area contributed by atoms with Crippen molar-refractivity contribution in [3.63, 3.8) is 0 Å². The van der Waals surface area contributed by atoms with E-state index in [9.17, 15) is 24.3 Å². The van der Waals surface area contributed by atoms with Crippen molar-refractivity contribution in [3.05, 3.63) is 59.8 Å². The average Bonchev–Trinajstić information content (AvgIpc) is 3.16. The number of amides is 3. The second-order valence-corrected chi connectivity index (χ2v) is 9.40. The summed E-state index contributed by atoms with van der Waals surface area (Å²) in [6.45, 7) is 6.34. The van der Waals surface area contributed by atoms with Crippen LogP contribution in [0.25, 0.3) is 0 Å². The first-order valence-electron chi connectivity index (χ1n) is 13.5. The standard InChI is InChI=1S/C29H40N4O7/c1-4-6-19-33(18-5-2)24-14-12-23(13-15-24)32(3)29(39)40-20-21-8-7-9-22(11-10-21)30-28(38)31-25(27(36)37)16-17-26(34)35/h8-15,25H,4-7,16-20H2,1-3H3,(H,34,35)(H,36,37)(H2,30,31,38). The summed E-state index contributed by atoms with van der Waals surface area (Å²) in [6, 6.07) is 5.74. The third-order valence-corrected chi connectivity index (χ3v) is 6.22. The number of unbranched alkanes of at least 4 members (excludes halogenated alkanes) is 1. The summed E-state index contributed by atoms with van der Waals surface area (Å²) in [7, 11) is 1.65. The van der Waals surface area contributed by atoms with E-state index in [4.69, 9.17) is 9.84 Å². The Kier molecular flexibility index (Phi) is 13.3. The highest BCUT2D eigenvalue weighted by molar-refractivity contribution is 5.87. The molecule has 11 heteroatoms. The van der Waals surface area contributed by atoms with Gasteiger partial charge in [-0.2, -0.15) is 0 Å². The molecule has 218 valence electrons. The number of rotatable bonds is 15. The highest BCUT2D eigenvalue weighted by atomic mass is 16.6. The van der Waals surface area contributed by atoms with Crippen LogP contribution in [0.1, 0.15) is 52.4 Å². The largest absolute Gasteiger partial charge is 0.481 e. The normalized spacial score (nSPS) is 13.3. The van der Waals surface area contributed by atoms with Crippen LogP contribution in [0.5, 0.6) is 0 Å². The number of aliphatic carboxylic acids is 2. The van der Waals surface area contributed by atoms with Crippen molar-refractivity contribution in [1.29, 1.82) is 0 Å². The van der Waals surface area contributed by atoms with Gasteiger partial charge in [0.2, 0.25) is 0 Å². The molecular formula is C29H40N4O7. The van der Waals surface area contributed by atoms with Crippen LogP contribution in [-0.4, -0.2) is 67.1 Å². The van der Waals surface area contributed by atoms with Crippen molar-refractivity contribution in [1.82, 2.24) is 10.6 Å². The van der Waals surface area contributed by atoms with Gasteiger partial charge in [0.05, 0.1) is 0 Å². The summed E-state index contributed by atoms with van der Waals surface area (Å²) >= 11 is 0. The molecule has 1 atom stereocenters. The molecule has 4 N–H and O–H groups in total. The summed E-state index contributed by atoms with van der Waals surface area (Å²) < 4.78 is 5.49. The molecule has 0 fully saturated rings. The second kappa shape index (κ2) is 16.6. The Morgan fingerprint density at radius 2 is 1.68 bits per heavy atom. The molecule has 1 aromatic rings. The Labute approximate surface area is 235 Å². The fourth-order valence-electron chi connectivity index (χ4n) is 3.94. The molecule has 1 aliphatic carbocycles. The van der Waals surface area contributed by atoms with E-state index in [0.717, 1.165) is 43.6 Å². The minimum Gasteiger partial charge on any atom is -0.481 e. The smallest absolute Gasteiger partial charge is 0.414 e. The molecule has 0 saturated carbocycles. The number of allylic oxidation sites excluding steroid dienone is 3. The van der Waals surface area contributed by atoms with Crippen LogP contribution < -0.4 is 20.4 Å². The quantitative estimate of drug-likeness (QED) is 0.244. The molecule has 0 aliphatic heterocycles. The van der Waals surface area contributed by atoms with Gasteiger partial charge in [0.15, 0.2) is 0 Å². The molecule has 0 spiro atoms. The number of benzene rings is 1. The number of carbonyl (C=O) groups is 4. The summed E-state index contributed by atoms with van der Waals surface area (Å²) in [5.74, 6) is -2.47. The summed E-state index contributed by atoms with van der Waals surface area (Å²) in [5, 5.41) is 22.8. The maximum atomic E-state index is 12.7. The summed E-state index contributed by atoms with van der Waals surface area (Å²) in [4.78, 5) is 50.7. The Morgan fingerprint density at radius 3 is 2.30 bits per heavy atom. The number of hydrogen-bond acceptors (Lipinski definition) is 6. The van der Waals surface area contributed by atoms with Gasteiger partial charge in [-0.15, -0.1) is 0 Å². The van der Waals surface area contributed by atoms with Crippen LogP contribution in [-0.2, 0) is 14.3 Å². The van der Waals surface area contributed by atoms with E-state index >= 15 is 0 Å². The van der Waals surface area contributed by atoms with Gasteiger partial charge in [-0.3, -0.25) is 9.69 Å². The number of ether oxygens (including phenoxy) is 1. The lowest BCUT2D eigenvalue weighted by atomic mass is 10.1. The molecule has 11 nitrogen and oxygen atoms in total. The second-order valence-electron chi connectivity index (χ2n) is 9.40. The van der Waals surface area contributed by atoms with E-state index in [1.807, 2.05) is 30.3 Å². The Morgan fingerprint density at radius 1 is 0.975 bits per heavy atom. The zero-order valence-electron chi connectivity index (χ0n) is 23.4. The number of carboxylic acid groups (broad SMARTS) is 2. The van der Waals surface area contributed by atoms with E-state index in [2.05, 4.69) is 29.4 Å². The van der Waals surface area contributed by atoms with Gasteiger partial charge in [0.1, 0.15) is 12.6 Å². The minimum absolute atomic E-state index is 0.0304. The maximum absolute atomic E-state index is 12.7. The molecule has 1 aliphatic rings. The lowest BCUT2D eigenvalue weighted by Gasteiger charge is -2.25. The fraction of sp³-hybridized carbons (Fsp3) is 0.448. The third-order valence-electron chi connectivity index (χ3n) is 6.22. The van der Waals surface area contributed by atoms with Gasteiger partial charge in [-0.05, 0) is 61.6 Å². The Balaban J connectivity index is 1.87. The van der Waals surface area contributed by atoms with E-state index in [0.29, 0.717) is 17.8 Å². The number of hydrogen-bond donors (Lipinski definition) is 4. The van der Waals surface area contributed by atoms with Crippen molar-refractivity contribution < 1.29 is 34.1 Å². The zero-order valence-corrected chi connectivity index (χ0v) is 23.4. The SMILES string of the molecule is CCCCN(CCC)c1ccc(N(C)C(=O)OCC2=CCC=C(NC(=O)NC(CCC(=O)O)C(=O)O)C=C2)cc1. The van der Waals surface area contributed by atoms with Crippen LogP contribution >= 0.6 is 0 Å². The molecule has 40 heavy (non-hydrogen) atoms. The molecule has 2 rings (SSSR count). The fourth-order valence-corrected chi connectivity index (χ4v) is 3.94. The van der Waals surface area contributed by atoms with E-state index in [-0.39, 0.29) is 19.4 Å². The predicted octanol–water partition coefficient (Wildman–Crippen LogP) is 4.66. The summed E-state index contributed by atoms with van der Waals surface area (Å²) in [6.07, 6.45) is 9.49. The monoisotopic (exact) mass is 556 g/mol. The number of carbonyl (C=O) groups excluding carboxylic acids is 2. The number of carboxylic acids is 2. The molecule has 0 bridgehead atoms. The number of nitrogens with one attached hydrogen (secondary N) is 2. The number of nitrogens with zero attached hydrogens (tertiary/aromatic N) is 2. The summed E-state index contributed by atoms with van der Waals surface area (Å²) in [5.41, 5.74) is 2.99. The molecule has 1 aromatic carbocycles. The van der Waals surface area contributed by atoms with Crippen LogP contribution in [0.15, 0.2) is 59.8 Å². The van der Waals surface area contributed by atoms with Gasteiger partial charge in [-0.1, -0.05) is 38.5 Å². The molecule has 0 radical (unpaired) electrons. The molecule has 3 amide bonds. The zero-order chi connectivity index (χ0) is 29.5. The van der Waals surface area contributed by atoms with Crippen LogP contribution in [0.3, 0.4) is 0 Å². The van der Waals surface area contributed by atoms with Crippen molar-refractivity contribution in [2.75, 3.05) is 36.5 Å². The van der Waals surface area contributed by atoms with Crippen molar-refractivity contribution in [3.8, 4) is 0 Å². The lowest BCUT2D eigenvalue weighted by molar-refractivity contribution is -0.140. The minimum atomic E-state index is -1.33. The molecule has 1 unspecified atom stereocenters. The van der Waals surface area contributed by atoms with Crippen LogP contribution in [0.4, 0.5) is 21.0 Å². The first-order chi connectivity index (χ1) is 19.1. The van der Waals surface area contributed by atoms with Crippen molar-refractivity contribution in [2.24, 2.45) is 0 Å². The van der Waals surface area contributed by atoms with Crippen molar-refractivity contribution >= 4 is 35.4 Å². The van der Waals surface area contributed by atoms with Crippen LogP contribution in [0, 0.1) is 0 Å². The highest BCUT2D eigenvalue weighted by Crippen LogP contribution is 2.22. The van der Waals surface area contributed by atoms with Crippen molar-refractivity contribution in [2.45, 2.75) is 58.4 Å². The lowest BCUT2D eigenvalue weighted by Crippen LogP contribution is -2.45. The third kappa shape index (κ3) is 10.8. The average molecular weight is 557 g/mol. The van der Waals surface area contributed by atoms with Gasteiger partial charge < -0.3 is 30.5 Å². The van der Waals surface area contributed by atoms with Gasteiger partial charge in [0, 0.05) is 43.6 Å². The van der Waals surface area contributed by atoms with Gasteiger partial charge in [0.25, 0.3) is 0 Å². The van der Waals surface area contributed by atoms with E-state index in [1.54, 1.807) is 25.3 Å². The Hall–Kier alpha value is -4.28. The molecule has 0 aromatic heterocycles. The highest BCUT2D eigenvalue weighted by Gasteiger charge is 2.21. The van der Waals surface area contributed by atoms with Gasteiger partial charge >= 0.3 is 24.1 Å². The first kappa shape index (κ1) is 31.9. The number of urea groups is 1. The van der Waals surface area contributed by atoms with Gasteiger partial charge in [-0.25, -0.2) is 14.4 Å². The number of anilines is 2. The molecule has 0 saturated heterocycles. The van der Waals surface area contributed by atoms with E-state index in [1.165, 1.54) is 4.90 Å².